The van der Waals surface area contributed by atoms with E-state index < -0.39 is 60.4 Å². The van der Waals surface area contributed by atoms with Crippen molar-refractivity contribution < 1.29 is 44.1 Å². The summed E-state index contributed by atoms with van der Waals surface area (Å²) in [5, 5.41) is 1.95. The van der Waals surface area contributed by atoms with Crippen LogP contribution in [0.25, 0.3) is 106 Å². The number of pyridine rings is 1. The van der Waals surface area contributed by atoms with Crippen LogP contribution in [0.5, 0.6) is 11.5 Å². The summed E-state index contributed by atoms with van der Waals surface area (Å²) in [6, 6.07) is 62.5. The molecule has 3 heterocycles. The molecule has 6 heteroatoms. The van der Waals surface area contributed by atoms with Crippen LogP contribution < -0.4 is 9.30 Å². The predicted octanol–water partition coefficient (Wildman–Crippen LogP) is 15.9. The Hall–Kier alpha value is -8.89. The molecule has 0 aliphatic carbocycles. The molecule has 0 fully saturated rings. The molecule has 0 amide bonds. The Morgan fingerprint density at radius 1 is 0.458 bits per heavy atom. The first-order chi connectivity index (χ1) is 39.4. The minimum Gasteiger partial charge on any atom is -0.510 e. The minimum atomic E-state index is -0.578. The van der Waals surface area contributed by atoms with Crippen LogP contribution in [0.2, 0.25) is 0 Å². The first-order valence-corrected chi connectivity index (χ1v) is 23.0. The van der Waals surface area contributed by atoms with Gasteiger partial charge in [0.15, 0.2) is 0 Å². The summed E-state index contributed by atoms with van der Waals surface area (Å²) in [7, 11) is 0. The molecule has 0 atom stereocenters. The van der Waals surface area contributed by atoms with E-state index in [0.717, 1.165) is 55.2 Å². The molecule has 0 saturated carbocycles. The van der Waals surface area contributed by atoms with Gasteiger partial charge in [-0.25, -0.2) is 4.98 Å². The minimum absolute atomic E-state index is 0. The Labute approximate surface area is 446 Å². The molecule has 0 spiro atoms. The number of para-hydroxylation sites is 4. The summed E-state index contributed by atoms with van der Waals surface area (Å²) in [6.45, 7) is 0. The van der Waals surface area contributed by atoms with Gasteiger partial charge < -0.3 is 13.9 Å². The Balaban J connectivity index is 0.00000665. The van der Waals surface area contributed by atoms with E-state index in [0.29, 0.717) is 34.0 Å². The molecule has 0 aliphatic heterocycles. The van der Waals surface area contributed by atoms with E-state index in [1.54, 1.807) is 39.5 Å². The largest absolute Gasteiger partial charge is 0.510 e. The fourth-order valence-electron chi connectivity index (χ4n) is 9.59. The van der Waals surface area contributed by atoms with Gasteiger partial charge in [-0.1, -0.05) is 205 Å². The maximum Gasteiger partial charge on any atom is 0.268 e. The molecule has 0 bridgehead atoms. The normalized spacial score (nSPS) is 13.2. The van der Waals surface area contributed by atoms with Gasteiger partial charge in [0.25, 0.3) is 6.33 Å². The summed E-state index contributed by atoms with van der Waals surface area (Å²) in [5.41, 5.74) is 9.61. The van der Waals surface area contributed by atoms with E-state index in [-0.39, 0.29) is 49.0 Å². The van der Waals surface area contributed by atoms with Crippen molar-refractivity contribution in [1.82, 2.24) is 14.1 Å². The zero-order chi connectivity index (χ0) is 55.8. The van der Waals surface area contributed by atoms with Gasteiger partial charge in [-0.2, -0.15) is 18.2 Å². The smallest absolute Gasteiger partial charge is 0.268 e. The van der Waals surface area contributed by atoms with Crippen LogP contribution in [0.4, 0.5) is 0 Å². The van der Waals surface area contributed by atoms with Crippen LogP contribution in [0.15, 0.2) is 255 Å². The molecule has 0 radical (unpaired) electrons. The van der Waals surface area contributed by atoms with Crippen LogP contribution in [0.3, 0.4) is 0 Å². The van der Waals surface area contributed by atoms with E-state index in [1.165, 1.54) is 0 Å². The fourth-order valence-corrected chi connectivity index (χ4v) is 9.59. The molecule has 13 rings (SSSR count). The van der Waals surface area contributed by atoms with Crippen molar-refractivity contribution in [2.75, 3.05) is 0 Å². The molecule has 344 valence electrons. The van der Waals surface area contributed by atoms with Gasteiger partial charge in [0.05, 0.1) is 30.4 Å². The van der Waals surface area contributed by atoms with Crippen molar-refractivity contribution in [2.24, 2.45) is 0 Å². The van der Waals surface area contributed by atoms with Crippen molar-refractivity contribution in [3.05, 3.63) is 273 Å². The number of hydrogen-bond donors (Lipinski definition) is 0. The van der Waals surface area contributed by atoms with Crippen LogP contribution in [-0.4, -0.2) is 14.1 Å². The van der Waals surface area contributed by atoms with Crippen LogP contribution >= 0.6 is 0 Å². The SMILES string of the molecule is [2H]c1c([2H])c([2H])c(-c2cccc(-c3c([2H])c([2H])c([2H])c([2H])c3[2H])c2-[n+]2[c-]n(-c3[c-]c(Oc4[c-]c5c(cc4)c4ccccc4n5-c4ncccc4-c4c(-c5ccccc5)cccc4-c4ccccc4)ccc3)c3ccccc32)c([2H])c1[2H].[Pt]. The van der Waals surface area contributed by atoms with E-state index in [9.17, 15) is 0 Å². The Morgan fingerprint density at radius 2 is 1.03 bits per heavy atom. The molecule has 5 nitrogen and oxygen atoms in total. The molecule has 13 aromatic rings. The average molecular weight is 1110 g/mol. The van der Waals surface area contributed by atoms with Gasteiger partial charge in [0.1, 0.15) is 5.82 Å². The number of imidazole rings is 1. The van der Waals surface area contributed by atoms with Crippen molar-refractivity contribution >= 4 is 32.8 Å². The summed E-state index contributed by atoms with van der Waals surface area (Å²) in [4.78, 5) is 5.16. The molecule has 0 N–H and O–H groups in total. The second kappa shape index (κ2) is 19.1. The third-order valence-corrected chi connectivity index (χ3v) is 12.6. The molecular weight excluding hydrogens is 1060 g/mol. The maximum absolute atomic E-state index is 9.07. The van der Waals surface area contributed by atoms with Gasteiger partial charge >= 0.3 is 0 Å². The zero-order valence-corrected chi connectivity index (χ0v) is 40.3. The first kappa shape index (κ1) is 34.4. The van der Waals surface area contributed by atoms with E-state index in [4.69, 9.17) is 23.4 Å². The number of hydrogen-bond acceptors (Lipinski definition) is 2. The Bertz CT molecular complexity index is 4500. The quantitative estimate of drug-likeness (QED) is 0.101. The number of aromatic nitrogens is 4. The second-order valence-corrected chi connectivity index (χ2v) is 16.7. The van der Waals surface area contributed by atoms with Gasteiger partial charge in [-0.05, 0) is 73.8 Å². The molecule has 3 aromatic heterocycles. The zero-order valence-electron chi connectivity index (χ0n) is 48.0. The van der Waals surface area contributed by atoms with E-state index >= 15 is 0 Å². The molecule has 10 aromatic carbocycles. The Kier molecular flexibility index (Phi) is 9.14. The summed E-state index contributed by atoms with van der Waals surface area (Å²) >= 11 is 0. The van der Waals surface area contributed by atoms with E-state index in [1.807, 2.05) is 103 Å². The van der Waals surface area contributed by atoms with Gasteiger partial charge in [-0.15, -0.1) is 29.7 Å². The van der Waals surface area contributed by atoms with Gasteiger partial charge in [-0.3, -0.25) is 4.57 Å². The summed E-state index contributed by atoms with van der Waals surface area (Å²) in [6.07, 6.45) is 5.24. The fraction of sp³-hybridized carbons (Fsp3) is 0. The second-order valence-electron chi connectivity index (χ2n) is 16.7. The summed E-state index contributed by atoms with van der Waals surface area (Å²) in [5.74, 6) is 1.45. The number of ether oxygens (including phenoxy) is 1. The standard InChI is InChI=1S/C66H42N4O.Pt/c1-5-21-46(22-6-1)53-32-18-33-54(47-23-7-2-8-24-47)64(53)59-36-20-42-67-66(59)70-60-37-14-13-31-57(60)58-41-40-52(44-63(58)70)71-51-30-17-29-50(43-51)68-45-69(62-39-16-15-38-61(62)68)65-55(48-25-9-3-10-26-48)34-19-35-56(65)49-27-11-4-12-28-49;/h1-42H;/q-2;/i3D,4D,9D,10D,11D,12D,25D,26D,27D,28D;. The molecular formula is C66H42N4OPt-2. The van der Waals surface area contributed by atoms with Crippen molar-refractivity contribution in [3.8, 4) is 84.3 Å². The monoisotopic (exact) mass is 1110 g/mol. The van der Waals surface area contributed by atoms with Crippen LogP contribution in [0, 0.1) is 18.5 Å². The van der Waals surface area contributed by atoms with Crippen LogP contribution in [0.1, 0.15) is 13.7 Å². The maximum atomic E-state index is 9.07. The van der Waals surface area contributed by atoms with Crippen molar-refractivity contribution in [3.63, 3.8) is 0 Å². The average Bonchev–Trinajstić information content (AvgIpc) is 3.14. The molecule has 0 unspecified atom stereocenters. The van der Waals surface area contributed by atoms with E-state index in [2.05, 4.69) is 83.7 Å². The van der Waals surface area contributed by atoms with Crippen LogP contribution in [-0.2, 0) is 21.1 Å². The Morgan fingerprint density at radius 3 is 1.71 bits per heavy atom. The number of benzene rings is 10. The first-order valence-electron chi connectivity index (χ1n) is 28.0. The van der Waals surface area contributed by atoms with Gasteiger partial charge in [0, 0.05) is 55.4 Å². The number of rotatable bonds is 10. The third-order valence-electron chi connectivity index (χ3n) is 12.6. The topological polar surface area (TPSA) is 35.9 Å². The molecule has 72 heavy (non-hydrogen) atoms. The van der Waals surface area contributed by atoms with Crippen molar-refractivity contribution in [2.45, 2.75) is 0 Å². The number of fused-ring (bicyclic) bond motifs is 4. The predicted molar refractivity (Wildman–Crippen MR) is 287 cm³/mol. The summed E-state index contributed by atoms with van der Waals surface area (Å²) < 4.78 is 99.7. The van der Waals surface area contributed by atoms with Crippen molar-refractivity contribution in [1.29, 1.82) is 0 Å². The van der Waals surface area contributed by atoms with Gasteiger partial charge in [0.2, 0.25) is 0 Å². The third kappa shape index (κ3) is 7.91. The molecule has 0 aliphatic rings. The molecule has 0 saturated heterocycles. The number of nitrogens with zero attached hydrogens (tertiary/aromatic N) is 4.